The minimum absolute atomic E-state index is 0.954. The van der Waals surface area contributed by atoms with Crippen molar-refractivity contribution >= 4 is 11.8 Å². The number of allylic oxidation sites excluding steroid dienone is 2. The van der Waals surface area contributed by atoms with Crippen LogP contribution in [-0.4, -0.2) is 11.2 Å². The van der Waals surface area contributed by atoms with Crippen molar-refractivity contribution in [3.8, 4) is 11.8 Å². The van der Waals surface area contributed by atoms with Gasteiger partial charge in [-0.15, -0.1) is 0 Å². The molecule has 1 N–H and O–H groups in total. The summed E-state index contributed by atoms with van der Waals surface area (Å²) in [6, 6.07) is 22.4. The summed E-state index contributed by atoms with van der Waals surface area (Å²) in [5.74, 6) is 6.47. The topological polar surface area (TPSA) is 28.1 Å². The number of H-pyrrole nitrogens is 1. The van der Waals surface area contributed by atoms with E-state index < -0.39 is 0 Å². The lowest BCUT2D eigenvalue weighted by Gasteiger charge is -2.09. The Morgan fingerprint density at radius 2 is 1.68 bits per heavy atom. The van der Waals surface area contributed by atoms with Crippen molar-refractivity contribution in [3.05, 3.63) is 113 Å². The number of nitrogens with one attached hydrogen (secondary N) is 1. The quantitative estimate of drug-likeness (QED) is 0.656. The second-order valence-electron chi connectivity index (χ2n) is 5.68. The van der Waals surface area contributed by atoms with Crippen LogP contribution < -0.4 is 0 Å². The van der Waals surface area contributed by atoms with Crippen molar-refractivity contribution in [1.82, 2.24) is 4.98 Å². The molecular formula is C23H16N2. The van der Waals surface area contributed by atoms with E-state index in [1.165, 1.54) is 0 Å². The first-order valence-electron chi connectivity index (χ1n) is 8.16. The lowest BCUT2D eigenvalue weighted by atomic mass is 9.98. The zero-order chi connectivity index (χ0) is 16.9. The van der Waals surface area contributed by atoms with Crippen LogP contribution in [0.1, 0.15) is 22.4 Å². The van der Waals surface area contributed by atoms with Crippen molar-refractivity contribution < 1.29 is 0 Å². The zero-order valence-electron chi connectivity index (χ0n) is 13.6. The fourth-order valence-electron chi connectivity index (χ4n) is 2.79. The molecule has 0 saturated heterocycles. The monoisotopic (exact) mass is 320 g/mol. The molecule has 2 nitrogen and oxygen atoms in total. The molecule has 0 bridgehead atoms. The van der Waals surface area contributed by atoms with Crippen LogP contribution in [0.3, 0.4) is 0 Å². The highest BCUT2D eigenvalue weighted by Crippen LogP contribution is 2.28. The fourth-order valence-corrected chi connectivity index (χ4v) is 2.79. The fraction of sp³-hybridized carbons (Fsp3) is 0. The molecule has 1 aliphatic heterocycles. The molecule has 0 spiro atoms. The van der Waals surface area contributed by atoms with Gasteiger partial charge in [-0.05, 0) is 54.1 Å². The van der Waals surface area contributed by atoms with Gasteiger partial charge in [-0.25, -0.2) is 0 Å². The normalized spacial score (nSPS) is 14.2. The molecule has 0 unspecified atom stereocenters. The third-order valence-electron chi connectivity index (χ3n) is 3.95. The van der Waals surface area contributed by atoms with Gasteiger partial charge in [0, 0.05) is 34.8 Å². The van der Waals surface area contributed by atoms with Gasteiger partial charge in [0.2, 0.25) is 0 Å². The van der Waals surface area contributed by atoms with E-state index in [-0.39, 0.29) is 0 Å². The standard InChI is InChI=1S/C23H16N2/c1-2-7-18(8-3-1)13-14-19-9-4-10-20(17-19)23(21-11-5-15-24-21)22-12-6-16-25-22/h1-12,15-17,24H/b23-22+. The van der Waals surface area contributed by atoms with Gasteiger partial charge in [-0.1, -0.05) is 42.2 Å². The molecule has 0 radical (unpaired) electrons. The molecule has 25 heavy (non-hydrogen) atoms. The minimum Gasteiger partial charge on any atom is -0.361 e. The smallest absolute Gasteiger partial charge is 0.0729 e. The second kappa shape index (κ2) is 6.90. The number of rotatable bonds is 2. The van der Waals surface area contributed by atoms with Gasteiger partial charge in [0.1, 0.15) is 0 Å². The van der Waals surface area contributed by atoms with Gasteiger partial charge in [0.15, 0.2) is 0 Å². The Labute approximate surface area is 147 Å². The van der Waals surface area contributed by atoms with Crippen molar-refractivity contribution in [2.45, 2.75) is 0 Å². The third-order valence-corrected chi connectivity index (χ3v) is 3.95. The Morgan fingerprint density at radius 1 is 0.840 bits per heavy atom. The van der Waals surface area contributed by atoms with E-state index in [4.69, 9.17) is 0 Å². The van der Waals surface area contributed by atoms with Gasteiger partial charge in [0.25, 0.3) is 0 Å². The van der Waals surface area contributed by atoms with E-state index in [1.807, 2.05) is 73.1 Å². The molecule has 2 heterocycles. The molecule has 1 aromatic heterocycles. The Morgan fingerprint density at radius 3 is 2.44 bits per heavy atom. The molecule has 0 saturated carbocycles. The number of benzene rings is 2. The molecular weight excluding hydrogens is 304 g/mol. The van der Waals surface area contributed by atoms with Crippen LogP contribution in [0.5, 0.6) is 0 Å². The van der Waals surface area contributed by atoms with Gasteiger partial charge in [-0.3, -0.25) is 4.99 Å². The van der Waals surface area contributed by atoms with E-state index in [0.717, 1.165) is 33.7 Å². The number of hydrogen-bond donors (Lipinski definition) is 1. The molecule has 0 atom stereocenters. The molecule has 1 aliphatic rings. The van der Waals surface area contributed by atoms with Crippen LogP contribution in [0.25, 0.3) is 5.57 Å². The minimum atomic E-state index is 0.954. The Kier molecular flexibility index (Phi) is 4.14. The molecule has 118 valence electrons. The van der Waals surface area contributed by atoms with E-state index in [9.17, 15) is 0 Å². The maximum absolute atomic E-state index is 4.48. The molecule has 0 aliphatic carbocycles. The number of aromatic nitrogens is 1. The summed E-state index contributed by atoms with van der Waals surface area (Å²) in [5, 5.41) is 0. The van der Waals surface area contributed by atoms with E-state index in [2.05, 4.69) is 40.0 Å². The van der Waals surface area contributed by atoms with E-state index in [0.29, 0.717) is 0 Å². The SMILES string of the molecule is C(#Cc1cccc(/C(=C2/C=CC=N2)c2ccc[nH]2)c1)c1ccccc1. The first-order valence-corrected chi connectivity index (χ1v) is 8.16. The second-order valence-corrected chi connectivity index (χ2v) is 5.68. The van der Waals surface area contributed by atoms with Crippen molar-refractivity contribution in [3.63, 3.8) is 0 Å². The van der Waals surface area contributed by atoms with Gasteiger partial charge in [0.05, 0.1) is 5.70 Å². The largest absolute Gasteiger partial charge is 0.361 e. The van der Waals surface area contributed by atoms with Gasteiger partial charge >= 0.3 is 0 Å². The predicted molar refractivity (Wildman–Crippen MR) is 103 cm³/mol. The maximum Gasteiger partial charge on any atom is 0.0729 e. The highest BCUT2D eigenvalue weighted by atomic mass is 14.8. The molecule has 3 aromatic rings. The average Bonchev–Trinajstić information content (AvgIpc) is 3.36. The summed E-state index contributed by atoms with van der Waals surface area (Å²) < 4.78 is 0. The molecule has 2 aromatic carbocycles. The first-order chi connectivity index (χ1) is 12.4. The van der Waals surface area contributed by atoms with Crippen LogP contribution >= 0.6 is 0 Å². The third kappa shape index (κ3) is 3.36. The van der Waals surface area contributed by atoms with Crippen LogP contribution in [0, 0.1) is 11.8 Å². The number of aromatic amines is 1. The highest BCUT2D eigenvalue weighted by Gasteiger charge is 2.12. The Bertz CT molecular complexity index is 1010. The van der Waals surface area contributed by atoms with E-state index >= 15 is 0 Å². The van der Waals surface area contributed by atoms with Crippen molar-refractivity contribution in [2.24, 2.45) is 4.99 Å². The Hall–Kier alpha value is -3.57. The summed E-state index contributed by atoms with van der Waals surface area (Å²) in [7, 11) is 0. The summed E-state index contributed by atoms with van der Waals surface area (Å²) >= 11 is 0. The average molecular weight is 320 g/mol. The highest BCUT2D eigenvalue weighted by molar-refractivity contribution is 5.88. The van der Waals surface area contributed by atoms with Gasteiger partial charge in [-0.2, -0.15) is 0 Å². The van der Waals surface area contributed by atoms with Crippen LogP contribution in [0.15, 0.2) is 95.8 Å². The molecule has 0 amide bonds. The zero-order valence-corrected chi connectivity index (χ0v) is 13.6. The summed E-state index contributed by atoms with van der Waals surface area (Å²) in [6.07, 6.45) is 7.73. The van der Waals surface area contributed by atoms with Crippen LogP contribution in [0.4, 0.5) is 0 Å². The predicted octanol–water partition coefficient (Wildman–Crippen LogP) is 4.81. The summed E-state index contributed by atoms with van der Waals surface area (Å²) in [4.78, 5) is 7.77. The first kappa shape index (κ1) is 15.0. The number of aliphatic imine (C=N–C) groups is 1. The summed E-state index contributed by atoms with van der Waals surface area (Å²) in [6.45, 7) is 0. The van der Waals surface area contributed by atoms with E-state index in [1.54, 1.807) is 0 Å². The van der Waals surface area contributed by atoms with Crippen LogP contribution in [0.2, 0.25) is 0 Å². The number of nitrogens with zero attached hydrogens (tertiary/aromatic N) is 1. The molecule has 0 fully saturated rings. The lowest BCUT2D eigenvalue weighted by Crippen LogP contribution is -1.92. The van der Waals surface area contributed by atoms with Gasteiger partial charge < -0.3 is 4.98 Å². The van der Waals surface area contributed by atoms with Crippen LogP contribution in [-0.2, 0) is 0 Å². The van der Waals surface area contributed by atoms with Crippen molar-refractivity contribution in [1.29, 1.82) is 0 Å². The Balaban J connectivity index is 1.76. The number of hydrogen-bond acceptors (Lipinski definition) is 1. The maximum atomic E-state index is 4.48. The van der Waals surface area contributed by atoms with Crippen molar-refractivity contribution in [2.75, 3.05) is 0 Å². The molecule has 2 heteroatoms. The molecule has 4 rings (SSSR count). The lowest BCUT2D eigenvalue weighted by molar-refractivity contribution is 1.32. The summed E-state index contributed by atoms with van der Waals surface area (Å²) in [5.41, 5.74) is 6.18.